The number of nitro groups is 1. The highest BCUT2D eigenvalue weighted by atomic mass is 16.6. The molecule has 2 N–H and O–H groups in total. The van der Waals surface area contributed by atoms with Crippen LogP contribution in [-0.4, -0.2) is 59.7 Å². The summed E-state index contributed by atoms with van der Waals surface area (Å²) in [6, 6.07) is 8.21. The predicted molar refractivity (Wildman–Crippen MR) is 119 cm³/mol. The quantitative estimate of drug-likeness (QED) is 0.334. The van der Waals surface area contributed by atoms with Gasteiger partial charge in [-0.2, -0.15) is 0 Å². The average Bonchev–Trinajstić information content (AvgIpc) is 3.24. The van der Waals surface area contributed by atoms with E-state index in [1.807, 2.05) is 0 Å². The summed E-state index contributed by atoms with van der Waals surface area (Å²) in [5, 5.41) is 31.6. The molecule has 1 aliphatic rings. The minimum atomic E-state index is -0.476. The predicted octanol–water partition coefficient (Wildman–Crippen LogP) is 2.87. The van der Waals surface area contributed by atoms with Gasteiger partial charge in [0.15, 0.2) is 5.52 Å². The van der Waals surface area contributed by atoms with E-state index in [0.717, 1.165) is 31.9 Å². The molecule has 2 heterocycles. The Bertz CT molecular complexity index is 1090. The third-order valence-corrected chi connectivity index (χ3v) is 5.65. The fourth-order valence-electron chi connectivity index (χ4n) is 4.02. The van der Waals surface area contributed by atoms with Gasteiger partial charge >= 0.3 is 5.69 Å². The van der Waals surface area contributed by atoms with Crippen molar-refractivity contribution >= 4 is 33.8 Å². The number of nitro benzene ring substituents is 1. The Kier molecular flexibility index (Phi) is 5.90. The highest BCUT2D eigenvalue weighted by molar-refractivity contribution is 5.99. The highest BCUT2D eigenvalue weighted by Gasteiger charge is 2.29. The molecule has 10 nitrogen and oxygen atoms in total. The van der Waals surface area contributed by atoms with Crippen LogP contribution < -0.4 is 15.1 Å². The van der Waals surface area contributed by atoms with Gasteiger partial charge in [0, 0.05) is 45.0 Å². The zero-order chi connectivity index (χ0) is 22.0. The smallest absolute Gasteiger partial charge is 0.323 e. The van der Waals surface area contributed by atoms with Crippen LogP contribution in [0.1, 0.15) is 17.5 Å². The van der Waals surface area contributed by atoms with E-state index in [0.29, 0.717) is 24.2 Å². The number of rotatable bonds is 7. The molecule has 0 unspecified atom stereocenters. The molecule has 4 rings (SSSR count). The minimum absolute atomic E-state index is 0.00174. The summed E-state index contributed by atoms with van der Waals surface area (Å²) in [5.74, 6) is 0. The van der Waals surface area contributed by atoms with Crippen molar-refractivity contribution in [2.24, 2.45) is 0 Å². The number of benzene rings is 2. The van der Waals surface area contributed by atoms with E-state index in [9.17, 15) is 10.1 Å². The molecule has 164 valence electrons. The van der Waals surface area contributed by atoms with Gasteiger partial charge in [-0.25, -0.2) is 4.63 Å². The van der Waals surface area contributed by atoms with Crippen LogP contribution in [0.3, 0.4) is 0 Å². The summed E-state index contributed by atoms with van der Waals surface area (Å²) >= 11 is 0. The van der Waals surface area contributed by atoms with Crippen LogP contribution in [0.15, 0.2) is 28.9 Å². The Hall–Kier alpha value is -3.40. The third-order valence-electron chi connectivity index (χ3n) is 5.65. The fourth-order valence-corrected chi connectivity index (χ4v) is 4.02. The fraction of sp³-hybridized carbons (Fsp3) is 0.429. The number of aliphatic hydroxyl groups is 1. The number of fused-ring (bicyclic) bond motifs is 1. The largest absolute Gasteiger partial charge is 0.396 e. The average molecular weight is 426 g/mol. The SMILES string of the molecule is Cc1ccc(C)c(N2CCN(c3cc(NCCCO)c([N+](=O)[O-])c4nonc34)CC2)c1. The highest BCUT2D eigenvalue weighted by Crippen LogP contribution is 2.39. The molecule has 3 aromatic rings. The zero-order valence-electron chi connectivity index (χ0n) is 17.7. The van der Waals surface area contributed by atoms with E-state index < -0.39 is 4.92 Å². The van der Waals surface area contributed by atoms with Gasteiger partial charge < -0.3 is 20.2 Å². The maximum atomic E-state index is 11.7. The van der Waals surface area contributed by atoms with Gasteiger partial charge in [0.25, 0.3) is 0 Å². The summed E-state index contributed by atoms with van der Waals surface area (Å²) < 4.78 is 4.88. The molecule has 0 atom stereocenters. The first-order chi connectivity index (χ1) is 15.0. The minimum Gasteiger partial charge on any atom is -0.396 e. The lowest BCUT2D eigenvalue weighted by Crippen LogP contribution is -2.46. The second-order valence-electron chi connectivity index (χ2n) is 7.78. The molecule has 0 amide bonds. The molecule has 1 aromatic heterocycles. The molecule has 0 radical (unpaired) electrons. The van der Waals surface area contributed by atoms with Crippen molar-refractivity contribution in [1.82, 2.24) is 10.3 Å². The van der Waals surface area contributed by atoms with Crippen LogP contribution in [-0.2, 0) is 0 Å². The van der Waals surface area contributed by atoms with Gasteiger partial charge in [-0.1, -0.05) is 12.1 Å². The number of aliphatic hydroxyl groups excluding tert-OH is 1. The van der Waals surface area contributed by atoms with Crippen LogP contribution in [0.5, 0.6) is 0 Å². The first kappa shape index (κ1) is 20.9. The van der Waals surface area contributed by atoms with Crippen molar-refractivity contribution in [3.05, 3.63) is 45.5 Å². The number of anilines is 3. The van der Waals surface area contributed by atoms with Gasteiger partial charge in [-0.3, -0.25) is 10.1 Å². The van der Waals surface area contributed by atoms with E-state index >= 15 is 0 Å². The molecule has 0 bridgehead atoms. The lowest BCUT2D eigenvalue weighted by molar-refractivity contribution is -0.382. The van der Waals surface area contributed by atoms with Gasteiger partial charge in [-0.05, 0) is 53.8 Å². The Morgan fingerprint density at radius 2 is 1.77 bits per heavy atom. The van der Waals surface area contributed by atoms with Crippen molar-refractivity contribution in [3.63, 3.8) is 0 Å². The normalized spacial score (nSPS) is 14.3. The van der Waals surface area contributed by atoms with E-state index in [1.165, 1.54) is 16.8 Å². The first-order valence-corrected chi connectivity index (χ1v) is 10.3. The van der Waals surface area contributed by atoms with Crippen molar-refractivity contribution in [2.45, 2.75) is 20.3 Å². The summed E-state index contributed by atoms with van der Waals surface area (Å²) in [5.41, 5.74) is 5.18. The number of hydrogen-bond donors (Lipinski definition) is 2. The standard InChI is InChI=1S/C21H26N6O4/c1-14-4-5-15(2)17(12-14)25-7-9-26(10-8-25)18-13-16(22-6-3-11-28)21(27(29)30)20-19(18)23-31-24-20/h4-5,12-13,22,28H,3,6-11H2,1-2H3. The molecular formula is C21H26N6O4. The van der Waals surface area contributed by atoms with E-state index in [4.69, 9.17) is 9.74 Å². The van der Waals surface area contributed by atoms with Crippen LogP contribution >= 0.6 is 0 Å². The molecule has 2 aromatic carbocycles. The number of nitrogens with zero attached hydrogens (tertiary/aromatic N) is 5. The molecule has 1 saturated heterocycles. The van der Waals surface area contributed by atoms with E-state index in [1.54, 1.807) is 6.07 Å². The number of piperazine rings is 1. The zero-order valence-corrected chi connectivity index (χ0v) is 17.7. The van der Waals surface area contributed by atoms with Crippen LogP contribution in [0.25, 0.3) is 11.0 Å². The Morgan fingerprint density at radius 1 is 1.10 bits per heavy atom. The number of hydrogen-bond acceptors (Lipinski definition) is 9. The van der Waals surface area contributed by atoms with E-state index in [-0.39, 0.29) is 17.8 Å². The van der Waals surface area contributed by atoms with Crippen LogP contribution in [0.2, 0.25) is 0 Å². The molecule has 31 heavy (non-hydrogen) atoms. The van der Waals surface area contributed by atoms with Gasteiger partial charge in [0.1, 0.15) is 5.69 Å². The summed E-state index contributed by atoms with van der Waals surface area (Å²) in [7, 11) is 0. The second-order valence-corrected chi connectivity index (χ2v) is 7.78. The van der Waals surface area contributed by atoms with Gasteiger partial charge in [-0.15, -0.1) is 0 Å². The molecule has 0 aliphatic carbocycles. The Labute approximate surface area is 179 Å². The van der Waals surface area contributed by atoms with Crippen molar-refractivity contribution in [1.29, 1.82) is 0 Å². The van der Waals surface area contributed by atoms with Crippen molar-refractivity contribution in [3.8, 4) is 0 Å². The maximum Gasteiger partial charge on any atom is 0.323 e. The van der Waals surface area contributed by atoms with Crippen molar-refractivity contribution < 1.29 is 14.7 Å². The number of aromatic nitrogens is 2. The molecule has 10 heteroatoms. The molecular weight excluding hydrogens is 400 g/mol. The third kappa shape index (κ3) is 4.11. The lowest BCUT2D eigenvalue weighted by atomic mass is 10.1. The summed E-state index contributed by atoms with van der Waals surface area (Å²) in [6.07, 6.45) is 0.482. The molecule has 0 spiro atoms. The van der Waals surface area contributed by atoms with Crippen LogP contribution in [0, 0.1) is 24.0 Å². The lowest BCUT2D eigenvalue weighted by Gasteiger charge is -2.38. The second kappa shape index (κ2) is 8.76. The van der Waals surface area contributed by atoms with Gasteiger partial charge in [0.05, 0.1) is 10.6 Å². The first-order valence-electron chi connectivity index (χ1n) is 10.3. The molecule has 1 fully saturated rings. The van der Waals surface area contributed by atoms with E-state index in [2.05, 4.69) is 57.5 Å². The van der Waals surface area contributed by atoms with Crippen LogP contribution in [0.4, 0.5) is 22.7 Å². The summed E-state index contributed by atoms with van der Waals surface area (Å²) in [6.45, 7) is 7.74. The molecule has 1 aliphatic heterocycles. The number of aryl methyl sites for hydroxylation is 2. The monoisotopic (exact) mass is 426 g/mol. The maximum absolute atomic E-state index is 11.7. The summed E-state index contributed by atoms with van der Waals surface area (Å²) in [4.78, 5) is 15.7. The topological polar surface area (TPSA) is 121 Å². The van der Waals surface area contributed by atoms with Gasteiger partial charge in [0.2, 0.25) is 5.52 Å². The Morgan fingerprint density at radius 3 is 2.45 bits per heavy atom. The Balaban J connectivity index is 1.62. The molecule has 0 saturated carbocycles. The number of nitrogens with one attached hydrogen (secondary N) is 1. The van der Waals surface area contributed by atoms with Crippen molar-refractivity contribution in [2.75, 3.05) is 54.4 Å².